The highest BCUT2D eigenvalue weighted by molar-refractivity contribution is 6.01. The Bertz CT molecular complexity index is 997. The molecule has 0 heterocycles. The highest BCUT2D eigenvalue weighted by atomic mass is 16.5. The van der Waals surface area contributed by atoms with E-state index in [0.29, 0.717) is 42.4 Å². The van der Waals surface area contributed by atoms with Gasteiger partial charge in [-0.25, -0.2) is 4.79 Å². The Labute approximate surface area is 201 Å². The van der Waals surface area contributed by atoms with E-state index in [4.69, 9.17) is 14.2 Å². The first-order chi connectivity index (χ1) is 16.4. The van der Waals surface area contributed by atoms with Crippen LogP contribution in [0.15, 0.2) is 48.5 Å². The smallest absolute Gasteiger partial charge is 0.331 e. The van der Waals surface area contributed by atoms with Gasteiger partial charge in [0, 0.05) is 23.7 Å². The van der Waals surface area contributed by atoms with Crippen molar-refractivity contribution in [3.8, 4) is 11.5 Å². The predicted octanol–water partition coefficient (Wildman–Crippen LogP) is 5.44. The van der Waals surface area contributed by atoms with E-state index in [9.17, 15) is 14.4 Å². The summed E-state index contributed by atoms with van der Waals surface area (Å²) in [6.45, 7) is 8.44. The molecule has 0 saturated carbocycles. The molecule has 0 unspecified atom stereocenters. The number of anilines is 1. The third-order valence-electron chi connectivity index (χ3n) is 4.73. The predicted molar refractivity (Wildman–Crippen MR) is 132 cm³/mol. The van der Waals surface area contributed by atoms with E-state index in [0.717, 1.165) is 18.4 Å². The molecule has 2 aromatic rings. The van der Waals surface area contributed by atoms with Gasteiger partial charge in [-0.1, -0.05) is 19.9 Å². The van der Waals surface area contributed by atoms with Crippen molar-refractivity contribution in [2.24, 2.45) is 0 Å². The highest BCUT2D eigenvalue weighted by Gasteiger charge is 2.18. The van der Waals surface area contributed by atoms with Crippen LogP contribution in [0.1, 0.15) is 62.9 Å². The van der Waals surface area contributed by atoms with Gasteiger partial charge in [-0.3, -0.25) is 9.59 Å². The van der Waals surface area contributed by atoms with E-state index < -0.39 is 12.1 Å². The van der Waals surface area contributed by atoms with Gasteiger partial charge < -0.3 is 19.5 Å². The fourth-order valence-corrected chi connectivity index (χ4v) is 3.06. The molecule has 2 rings (SSSR count). The molecular formula is C27H33NO6. The van der Waals surface area contributed by atoms with Crippen LogP contribution in [0.4, 0.5) is 5.69 Å². The second kappa shape index (κ2) is 13.8. The Morgan fingerprint density at radius 1 is 0.941 bits per heavy atom. The quantitative estimate of drug-likeness (QED) is 0.240. The second-order valence-corrected chi connectivity index (χ2v) is 7.64. The number of carbonyl (C=O) groups is 3. The van der Waals surface area contributed by atoms with E-state index in [-0.39, 0.29) is 11.7 Å². The van der Waals surface area contributed by atoms with Gasteiger partial charge in [-0.05, 0) is 74.7 Å². The van der Waals surface area contributed by atoms with Crippen LogP contribution in [0.3, 0.4) is 0 Å². The first kappa shape index (κ1) is 26.6. The van der Waals surface area contributed by atoms with Gasteiger partial charge in [0.05, 0.1) is 13.2 Å². The van der Waals surface area contributed by atoms with Crippen molar-refractivity contribution in [1.29, 1.82) is 0 Å². The molecule has 0 radical (unpaired) electrons. The summed E-state index contributed by atoms with van der Waals surface area (Å²) >= 11 is 0. The van der Waals surface area contributed by atoms with Gasteiger partial charge in [0.2, 0.25) is 11.7 Å². The normalized spacial score (nSPS) is 11.6. The van der Waals surface area contributed by atoms with Crippen LogP contribution in [-0.4, -0.2) is 37.0 Å². The Morgan fingerprint density at radius 3 is 2.32 bits per heavy atom. The summed E-state index contributed by atoms with van der Waals surface area (Å²) in [6, 6.07) is 11.9. The summed E-state index contributed by atoms with van der Waals surface area (Å²) < 4.78 is 16.6. The van der Waals surface area contributed by atoms with Crippen LogP contribution in [0.25, 0.3) is 6.08 Å². The minimum Gasteiger partial charge on any atom is -0.490 e. The number of hydrogen-bond acceptors (Lipinski definition) is 6. The SMILES string of the molecule is CCCOc1ccc(/C=C\C(=O)O[C@H](C)C(=O)c2ccc(NC(=O)CCC)cc2)cc1OCC. The molecule has 0 fully saturated rings. The third kappa shape index (κ3) is 8.39. The van der Waals surface area contributed by atoms with Gasteiger partial charge in [0.15, 0.2) is 17.6 Å². The van der Waals surface area contributed by atoms with Gasteiger partial charge in [-0.15, -0.1) is 0 Å². The maximum atomic E-state index is 12.6. The summed E-state index contributed by atoms with van der Waals surface area (Å²) in [7, 11) is 0. The maximum absolute atomic E-state index is 12.6. The number of hydrogen-bond donors (Lipinski definition) is 1. The van der Waals surface area contributed by atoms with Crippen LogP contribution < -0.4 is 14.8 Å². The average Bonchev–Trinajstić information content (AvgIpc) is 2.82. The standard InChI is InChI=1S/C27H33NO6/c1-5-8-25(29)28-22-13-11-21(12-14-22)27(31)19(4)34-26(30)16-10-20-9-15-23(33-17-6-2)24(18-20)32-7-3/h9-16,18-19H,5-8,17H2,1-4H3,(H,28,29)/b16-10-/t19-/m1/s1. The summed E-state index contributed by atoms with van der Waals surface area (Å²) in [5.74, 6) is 0.216. The van der Waals surface area contributed by atoms with Crippen LogP contribution >= 0.6 is 0 Å². The van der Waals surface area contributed by atoms with Crippen molar-refractivity contribution in [1.82, 2.24) is 0 Å². The zero-order chi connectivity index (χ0) is 24.9. The number of esters is 1. The number of ether oxygens (including phenoxy) is 3. The fourth-order valence-electron chi connectivity index (χ4n) is 3.06. The van der Waals surface area contributed by atoms with Crippen molar-refractivity contribution < 1.29 is 28.6 Å². The third-order valence-corrected chi connectivity index (χ3v) is 4.73. The molecule has 0 aliphatic carbocycles. The zero-order valence-electron chi connectivity index (χ0n) is 20.3. The van der Waals surface area contributed by atoms with E-state index in [1.165, 1.54) is 13.0 Å². The van der Waals surface area contributed by atoms with Crippen LogP contribution in [-0.2, 0) is 14.3 Å². The molecule has 182 valence electrons. The zero-order valence-corrected chi connectivity index (χ0v) is 20.3. The number of ketones is 1. The maximum Gasteiger partial charge on any atom is 0.331 e. The van der Waals surface area contributed by atoms with Gasteiger partial charge in [0.1, 0.15) is 0 Å². The van der Waals surface area contributed by atoms with Crippen molar-refractivity contribution in [2.45, 2.75) is 53.1 Å². The molecule has 0 aromatic heterocycles. The number of Topliss-reactive ketones (excluding diaryl/α,β-unsaturated/α-hetero) is 1. The van der Waals surface area contributed by atoms with Crippen molar-refractivity contribution in [3.63, 3.8) is 0 Å². The lowest BCUT2D eigenvalue weighted by molar-refractivity contribution is -0.140. The Balaban J connectivity index is 1.96. The van der Waals surface area contributed by atoms with Crippen LogP contribution in [0.2, 0.25) is 0 Å². The molecule has 1 N–H and O–H groups in total. The topological polar surface area (TPSA) is 90.9 Å². The molecule has 34 heavy (non-hydrogen) atoms. The Morgan fingerprint density at radius 2 is 1.68 bits per heavy atom. The lowest BCUT2D eigenvalue weighted by atomic mass is 10.1. The summed E-state index contributed by atoms with van der Waals surface area (Å²) in [5, 5.41) is 2.77. The average molecular weight is 468 g/mol. The summed E-state index contributed by atoms with van der Waals surface area (Å²) in [6.07, 6.45) is 3.99. The monoisotopic (exact) mass is 467 g/mol. The van der Waals surface area contributed by atoms with Crippen molar-refractivity contribution >= 4 is 29.4 Å². The molecule has 1 atom stereocenters. The van der Waals surface area contributed by atoms with Crippen LogP contribution in [0, 0.1) is 0 Å². The van der Waals surface area contributed by atoms with Crippen molar-refractivity contribution in [2.75, 3.05) is 18.5 Å². The number of nitrogens with one attached hydrogen (secondary N) is 1. The summed E-state index contributed by atoms with van der Waals surface area (Å²) in [5.41, 5.74) is 1.74. The lowest BCUT2D eigenvalue weighted by Gasteiger charge is -2.12. The van der Waals surface area contributed by atoms with E-state index in [1.54, 1.807) is 42.5 Å². The molecule has 7 nitrogen and oxygen atoms in total. The number of carbonyl (C=O) groups excluding carboxylic acids is 3. The molecule has 0 saturated heterocycles. The molecular weight excluding hydrogens is 434 g/mol. The Hall–Kier alpha value is -3.61. The van der Waals surface area contributed by atoms with Gasteiger partial charge in [0.25, 0.3) is 0 Å². The van der Waals surface area contributed by atoms with Gasteiger partial charge in [-0.2, -0.15) is 0 Å². The Kier molecular flexibility index (Phi) is 10.8. The highest BCUT2D eigenvalue weighted by Crippen LogP contribution is 2.29. The minimum atomic E-state index is -0.957. The first-order valence-electron chi connectivity index (χ1n) is 11.6. The minimum absolute atomic E-state index is 0.0767. The van der Waals surface area contributed by atoms with Crippen LogP contribution in [0.5, 0.6) is 11.5 Å². The number of benzene rings is 2. The molecule has 0 aliphatic rings. The number of rotatable bonds is 13. The number of amides is 1. The second-order valence-electron chi connectivity index (χ2n) is 7.64. The van der Waals surface area contributed by atoms with E-state index >= 15 is 0 Å². The molecule has 2 aromatic carbocycles. The van der Waals surface area contributed by atoms with Crippen molar-refractivity contribution in [3.05, 3.63) is 59.7 Å². The largest absolute Gasteiger partial charge is 0.490 e. The van der Waals surface area contributed by atoms with E-state index in [1.807, 2.05) is 26.8 Å². The molecule has 0 bridgehead atoms. The fraction of sp³-hybridized carbons (Fsp3) is 0.370. The molecule has 1 amide bonds. The lowest BCUT2D eigenvalue weighted by Crippen LogP contribution is -2.23. The van der Waals surface area contributed by atoms with Gasteiger partial charge >= 0.3 is 5.97 Å². The van der Waals surface area contributed by atoms with E-state index in [2.05, 4.69) is 5.32 Å². The molecule has 0 spiro atoms. The molecule has 7 heteroatoms. The molecule has 0 aliphatic heterocycles. The summed E-state index contributed by atoms with van der Waals surface area (Å²) in [4.78, 5) is 36.5. The first-order valence-corrected chi connectivity index (χ1v) is 11.6.